The van der Waals surface area contributed by atoms with Gasteiger partial charge in [-0.2, -0.15) is 0 Å². The van der Waals surface area contributed by atoms with Gasteiger partial charge >= 0.3 is 0 Å². The largest absolute Gasteiger partial charge is 0.370 e. The Balaban J connectivity index is 2.47. The summed E-state index contributed by atoms with van der Waals surface area (Å²) < 4.78 is 5.12. The van der Waals surface area contributed by atoms with Crippen molar-refractivity contribution in [3.05, 3.63) is 34.4 Å². The molecule has 1 amide bonds. The summed E-state index contributed by atoms with van der Waals surface area (Å²) in [5.74, 6) is -0.432. The Morgan fingerprint density at radius 1 is 1.26 bits per heavy atom. The number of hydrogen-bond donors (Lipinski definition) is 2. The fourth-order valence-corrected chi connectivity index (χ4v) is 2.08. The van der Waals surface area contributed by atoms with Crippen molar-refractivity contribution in [2.24, 2.45) is 5.73 Å². The molecule has 0 fully saturated rings. The number of nitrogens with two attached hydrogens (primary N) is 1. The van der Waals surface area contributed by atoms with Crippen LogP contribution in [0.25, 0.3) is 0 Å². The zero-order chi connectivity index (χ0) is 14.4. The summed E-state index contributed by atoms with van der Waals surface area (Å²) in [6.07, 6.45) is 0. The van der Waals surface area contributed by atoms with Crippen molar-refractivity contribution in [3.63, 3.8) is 0 Å². The number of primary amides is 1. The predicted molar refractivity (Wildman–Crippen MR) is 77.1 cm³/mol. The second-order valence-electron chi connectivity index (χ2n) is 4.99. The molecule has 0 spiro atoms. The molecule has 4 nitrogen and oxygen atoms in total. The second-order valence-corrected chi connectivity index (χ2v) is 4.99. The summed E-state index contributed by atoms with van der Waals surface area (Å²) in [5, 5.41) is 3.38. The first-order valence-corrected chi connectivity index (χ1v) is 6.59. The summed E-state index contributed by atoms with van der Waals surface area (Å²) in [5.41, 5.74) is 10.2. The molecule has 0 aromatic heterocycles. The molecule has 1 rings (SSSR count). The first-order valence-electron chi connectivity index (χ1n) is 6.59. The highest BCUT2D eigenvalue weighted by Gasteiger charge is 2.09. The van der Waals surface area contributed by atoms with Gasteiger partial charge in [0.15, 0.2) is 0 Å². The summed E-state index contributed by atoms with van der Waals surface area (Å²) >= 11 is 0. The minimum absolute atomic E-state index is 0.0152. The normalized spacial score (nSPS) is 12.4. The molecule has 0 radical (unpaired) electrons. The van der Waals surface area contributed by atoms with E-state index in [-0.39, 0.29) is 12.6 Å². The van der Waals surface area contributed by atoms with Crippen LogP contribution in [-0.2, 0) is 9.53 Å². The Bertz CT molecular complexity index is 444. The van der Waals surface area contributed by atoms with Gasteiger partial charge in [0, 0.05) is 12.6 Å². The molecule has 4 heteroatoms. The molecule has 1 aromatic carbocycles. The molecule has 0 bridgehead atoms. The van der Waals surface area contributed by atoms with E-state index in [2.05, 4.69) is 45.1 Å². The Hall–Kier alpha value is -1.39. The Morgan fingerprint density at radius 3 is 2.53 bits per heavy atom. The highest BCUT2D eigenvalue weighted by atomic mass is 16.5. The highest BCUT2D eigenvalue weighted by Crippen LogP contribution is 2.21. The van der Waals surface area contributed by atoms with E-state index in [9.17, 15) is 4.79 Å². The maximum absolute atomic E-state index is 10.5. The third-order valence-electron chi connectivity index (χ3n) is 3.29. The van der Waals surface area contributed by atoms with Gasteiger partial charge in [-0.05, 0) is 49.9 Å². The maximum Gasteiger partial charge on any atom is 0.243 e. The first-order chi connectivity index (χ1) is 8.91. The van der Waals surface area contributed by atoms with Gasteiger partial charge in [0.25, 0.3) is 0 Å². The third kappa shape index (κ3) is 5.01. The van der Waals surface area contributed by atoms with Crippen molar-refractivity contribution < 1.29 is 9.53 Å². The molecule has 0 saturated carbocycles. The van der Waals surface area contributed by atoms with Crippen molar-refractivity contribution in [2.75, 3.05) is 19.8 Å². The van der Waals surface area contributed by atoms with E-state index in [4.69, 9.17) is 10.5 Å². The zero-order valence-electron chi connectivity index (χ0n) is 12.2. The van der Waals surface area contributed by atoms with Crippen molar-refractivity contribution in [1.82, 2.24) is 5.32 Å². The number of rotatable bonds is 7. The van der Waals surface area contributed by atoms with Gasteiger partial charge in [0.05, 0.1) is 6.61 Å². The maximum atomic E-state index is 10.5. The van der Waals surface area contributed by atoms with Crippen LogP contribution < -0.4 is 11.1 Å². The zero-order valence-corrected chi connectivity index (χ0v) is 12.2. The van der Waals surface area contributed by atoms with Crippen molar-refractivity contribution in [1.29, 1.82) is 0 Å². The molecule has 106 valence electrons. The number of amides is 1. The van der Waals surface area contributed by atoms with Gasteiger partial charge < -0.3 is 15.8 Å². The molecule has 0 aliphatic heterocycles. The van der Waals surface area contributed by atoms with Gasteiger partial charge in [0.1, 0.15) is 6.61 Å². The molecule has 1 atom stereocenters. The predicted octanol–water partition coefficient (Wildman–Crippen LogP) is 1.76. The summed E-state index contributed by atoms with van der Waals surface area (Å²) in [6.45, 7) is 9.67. The number of ether oxygens (including phenoxy) is 1. The third-order valence-corrected chi connectivity index (χ3v) is 3.29. The van der Waals surface area contributed by atoms with Crippen LogP contribution in [0.4, 0.5) is 0 Å². The van der Waals surface area contributed by atoms with Gasteiger partial charge in [-0.1, -0.05) is 12.1 Å². The lowest BCUT2D eigenvalue weighted by Gasteiger charge is -2.18. The number of nitrogens with one attached hydrogen (secondary N) is 1. The molecular formula is C15H24N2O2. The van der Waals surface area contributed by atoms with E-state index >= 15 is 0 Å². The molecular weight excluding hydrogens is 240 g/mol. The van der Waals surface area contributed by atoms with E-state index < -0.39 is 5.91 Å². The number of carbonyl (C=O) groups excluding carboxylic acids is 1. The molecule has 3 N–H and O–H groups in total. The molecule has 1 unspecified atom stereocenters. The SMILES string of the molecule is Cc1cc(C)c(C(C)NCCOCC(N)=O)cc1C. The van der Waals surface area contributed by atoms with Crippen LogP contribution in [0.5, 0.6) is 0 Å². The van der Waals surface area contributed by atoms with Crippen LogP contribution in [0.3, 0.4) is 0 Å². The van der Waals surface area contributed by atoms with Gasteiger partial charge in [-0.25, -0.2) is 0 Å². The molecule has 0 heterocycles. The van der Waals surface area contributed by atoms with Gasteiger partial charge in [-0.15, -0.1) is 0 Å². The standard InChI is InChI=1S/C15H24N2O2/c1-10-7-12(3)14(8-11(10)2)13(4)17-5-6-19-9-15(16)18/h7-8,13,17H,5-6,9H2,1-4H3,(H2,16,18). The topological polar surface area (TPSA) is 64.3 Å². The number of carbonyl (C=O) groups is 1. The summed E-state index contributed by atoms with van der Waals surface area (Å²) in [7, 11) is 0. The van der Waals surface area contributed by atoms with Gasteiger partial charge in [-0.3, -0.25) is 4.79 Å². The lowest BCUT2D eigenvalue weighted by molar-refractivity contribution is -0.122. The number of aryl methyl sites for hydroxylation is 3. The number of hydrogen-bond acceptors (Lipinski definition) is 3. The van der Waals surface area contributed by atoms with Crippen LogP contribution in [-0.4, -0.2) is 25.7 Å². The fraction of sp³-hybridized carbons (Fsp3) is 0.533. The highest BCUT2D eigenvalue weighted by molar-refractivity contribution is 5.74. The molecule has 1 aromatic rings. The van der Waals surface area contributed by atoms with Crippen molar-refractivity contribution >= 4 is 5.91 Å². The summed E-state index contributed by atoms with van der Waals surface area (Å²) in [6, 6.07) is 4.70. The van der Waals surface area contributed by atoms with Crippen LogP contribution in [0.2, 0.25) is 0 Å². The molecule has 0 saturated heterocycles. The Morgan fingerprint density at radius 2 is 1.89 bits per heavy atom. The Labute approximate surface area is 115 Å². The minimum atomic E-state index is -0.432. The van der Waals surface area contributed by atoms with Gasteiger partial charge in [0.2, 0.25) is 5.91 Å². The quantitative estimate of drug-likeness (QED) is 0.738. The van der Waals surface area contributed by atoms with Crippen LogP contribution in [0.1, 0.15) is 35.2 Å². The van der Waals surface area contributed by atoms with E-state index in [0.29, 0.717) is 13.2 Å². The van der Waals surface area contributed by atoms with E-state index in [1.807, 2.05) is 0 Å². The molecule has 19 heavy (non-hydrogen) atoms. The lowest BCUT2D eigenvalue weighted by atomic mass is 9.96. The smallest absolute Gasteiger partial charge is 0.243 e. The fourth-order valence-electron chi connectivity index (χ4n) is 2.08. The first kappa shape index (κ1) is 15.7. The van der Waals surface area contributed by atoms with Crippen molar-refractivity contribution in [2.45, 2.75) is 33.7 Å². The minimum Gasteiger partial charge on any atom is -0.370 e. The average molecular weight is 264 g/mol. The molecule has 0 aliphatic carbocycles. The Kier molecular flexibility index (Phi) is 5.99. The number of benzene rings is 1. The van der Waals surface area contributed by atoms with Crippen LogP contribution >= 0.6 is 0 Å². The lowest BCUT2D eigenvalue weighted by Crippen LogP contribution is -2.26. The van der Waals surface area contributed by atoms with Crippen molar-refractivity contribution in [3.8, 4) is 0 Å². The van der Waals surface area contributed by atoms with Crippen LogP contribution in [0.15, 0.2) is 12.1 Å². The van der Waals surface area contributed by atoms with E-state index in [1.165, 1.54) is 22.3 Å². The second kappa shape index (κ2) is 7.26. The monoisotopic (exact) mass is 264 g/mol. The van der Waals surface area contributed by atoms with Crippen LogP contribution in [0, 0.1) is 20.8 Å². The average Bonchev–Trinajstić information content (AvgIpc) is 2.32. The summed E-state index contributed by atoms with van der Waals surface area (Å²) in [4.78, 5) is 10.5. The molecule has 0 aliphatic rings. The van der Waals surface area contributed by atoms with E-state index in [0.717, 1.165) is 0 Å². The van der Waals surface area contributed by atoms with E-state index in [1.54, 1.807) is 0 Å².